The maximum atomic E-state index is 6.09. The average molecular weight is 199 g/mol. The predicted octanol–water partition coefficient (Wildman–Crippen LogP) is 3.69. The molecule has 0 amide bonds. The molecule has 4 unspecified atom stereocenters. The van der Waals surface area contributed by atoms with Gasteiger partial charge in [-0.2, -0.15) is 0 Å². The van der Waals surface area contributed by atoms with Gasteiger partial charge in [-0.15, -0.1) is 11.6 Å². The molecule has 0 aromatic carbocycles. The lowest BCUT2D eigenvalue weighted by Crippen LogP contribution is -2.17. The van der Waals surface area contributed by atoms with Crippen molar-refractivity contribution in [3.05, 3.63) is 0 Å². The van der Waals surface area contributed by atoms with E-state index in [9.17, 15) is 0 Å². The van der Waals surface area contributed by atoms with Crippen LogP contribution in [0, 0.1) is 28.6 Å². The van der Waals surface area contributed by atoms with Crippen LogP contribution in [0.4, 0.5) is 0 Å². The van der Waals surface area contributed by atoms with E-state index in [-0.39, 0.29) is 0 Å². The van der Waals surface area contributed by atoms with Gasteiger partial charge in [-0.3, -0.25) is 0 Å². The highest BCUT2D eigenvalue weighted by molar-refractivity contribution is 6.18. The number of hydrogen-bond acceptors (Lipinski definition) is 0. The Morgan fingerprint density at radius 3 is 2.77 bits per heavy atom. The van der Waals surface area contributed by atoms with Gasteiger partial charge < -0.3 is 0 Å². The summed E-state index contributed by atoms with van der Waals surface area (Å²) in [5, 5.41) is 0. The van der Waals surface area contributed by atoms with Gasteiger partial charge in [0.05, 0.1) is 0 Å². The highest BCUT2D eigenvalue weighted by Gasteiger charge is 2.77. The molecule has 3 rings (SSSR count). The second kappa shape index (κ2) is 2.27. The van der Waals surface area contributed by atoms with E-state index < -0.39 is 0 Å². The van der Waals surface area contributed by atoms with E-state index in [2.05, 4.69) is 13.8 Å². The van der Waals surface area contributed by atoms with E-state index in [4.69, 9.17) is 11.6 Å². The maximum Gasteiger partial charge on any atom is 0.0262 e. The van der Waals surface area contributed by atoms with Crippen LogP contribution in [0.15, 0.2) is 0 Å². The van der Waals surface area contributed by atoms with Gasteiger partial charge in [-0.25, -0.2) is 0 Å². The minimum absolute atomic E-state index is 0.564. The van der Waals surface area contributed by atoms with Crippen molar-refractivity contribution < 1.29 is 0 Å². The van der Waals surface area contributed by atoms with E-state index in [1.165, 1.54) is 25.7 Å². The molecule has 1 spiro atoms. The van der Waals surface area contributed by atoms with E-state index in [1.807, 2.05) is 0 Å². The van der Waals surface area contributed by atoms with Crippen molar-refractivity contribution in [2.75, 3.05) is 5.88 Å². The summed E-state index contributed by atoms with van der Waals surface area (Å²) in [6, 6.07) is 0. The molecule has 0 N–H and O–H groups in total. The molecule has 3 saturated carbocycles. The first-order chi connectivity index (χ1) is 6.14. The summed E-state index contributed by atoms with van der Waals surface area (Å²) in [7, 11) is 0. The maximum absolute atomic E-state index is 6.09. The van der Waals surface area contributed by atoms with Crippen molar-refractivity contribution in [3.63, 3.8) is 0 Å². The molecular weight excluding hydrogens is 180 g/mol. The largest absolute Gasteiger partial charge is 0.126 e. The van der Waals surface area contributed by atoms with Gasteiger partial charge in [0.25, 0.3) is 0 Å². The number of halogens is 1. The fourth-order valence-corrected chi connectivity index (χ4v) is 5.27. The molecule has 4 atom stereocenters. The molecule has 0 aliphatic heterocycles. The molecule has 0 nitrogen and oxygen atoms in total. The zero-order chi connectivity index (χ0) is 9.27. The summed E-state index contributed by atoms with van der Waals surface area (Å²) in [6.07, 6.45) is 5.98. The van der Waals surface area contributed by atoms with Gasteiger partial charge in [0, 0.05) is 5.88 Å². The lowest BCUT2D eigenvalue weighted by molar-refractivity contribution is 0.243. The van der Waals surface area contributed by atoms with Crippen LogP contribution in [0.1, 0.15) is 39.5 Å². The van der Waals surface area contributed by atoms with Crippen LogP contribution in [-0.4, -0.2) is 5.88 Å². The van der Waals surface area contributed by atoms with Gasteiger partial charge in [0.2, 0.25) is 0 Å². The molecule has 0 bridgehead atoms. The molecule has 0 aromatic heterocycles. The standard InChI is InChI=1S/C12H19Cl/c1-11(2)10(7-13)12(11)5-3-4-8-6-9(8)12/h8-10H,3-7H2,1-2H3. The molecule has 0 radical (unpaired) electrons. The summed E-state index contributed by atoms with van der Waals surface area (Å²) in [4.78, 5) is 0. The SMILES string of the molecule is CC1(C)C(CCl)C12CCCC1CC12. The van der Waals surface area contributed by atoms with E-state index >= 15 is 0 Å². The lowest BCUT2D eigenvalue weighted by Gasteiger charge is -2.25. The number of hydrogen-bond donors (Lipinski definition) is 0. The number of fused-ring (bicyclic) bond motifs is 2. The molecule has 3 fully saturated rings. The first kappa shape index (κ1) is 8.59. The van der Waals surface area contributed by atoms with E-state index in [0.717, 1.165) is 23.6 Å². The summed E-state index contributed by atoms with van der Waals surface area (Å²) in [5.41, 5.74) is 1.26. The van der Waals surface area contributed by atoms with Crippen molar-refractivity contribution in [2.45, 2.75) is 39.5 Å². The number of rotatable bonds is 1. The fraction of sp³-hybridized carbons (Fsp3) is 1.00. The highest BCUT2D eigenvalue weighted by atomic mass is 35.5. The van der Waals surface area contributed by atoms with E-state index in [1.54, 1.807) is 0 Å². The predicted molar refractivity (Wildman–Crippen MR) is 55.9 cm³/mol. The van der Waals surface area contributed by atoms with Crippen LogP contribution >= 0.6 is 11.6 Å². The third-order valence-electron chi connectivity index (χ3n) is 5.51. The summed E-state index contributed by atoms with van der Waals surface area (Å²) in [6.45, 7) is 4.89. The second-order valence-corrected chi connectivity index (χ2v) is 6.27. The zero-order valence-electron chi connectivity index (χ0n) is 8.65. The van der Waals surface area contributed by atoms with Crippen molar-refractivity contribution >= 4 is 11.6 Å². The molecule has 3 aliphatic rings. The van der Waals surface area contributed by atoms with Crippen molar-refractivity contribution in [1.82, 2.24) is 0 Å². The topological polar surface area (TPSA) is 0 Å². The van der Waals surface area contributed by atoms with Crippen molar-refractivity contribution in [2.24, 2.45) is 28.6 Å². The minimum Gasteiger partial charge on any atom is -0.126 e. The zero-order valence-corrected chi connectivity index (χ0v) is 9.40. The molecule has 0 heterocycles. The minimum atomic E-state index is 0.564. The van der Waals surface area contributed by atoms with Gasteiger partial charge in [0.1, 0.15) is 0 Å². The summed E-state index contributed by atoms with van der Waals surface area (Å²) in [5.74, 6) is 3.90. The Morgan fingerprint density at radius 1 is 1.38 bits per heavy atom. The van der Waals surface area contributed by atoms with Gasteiger partial charge in [-0.05, 0) is 41.4 Å². The van der Waals surface area contributed by atoms with Crippen LogP contribution in [0.3, 0.4) is 0 Å². The third kappa shape index (κ3) is 0.802. The summed E-state index contributed by atoms with van der Waals surface area (Å²) >= 11 is 6.09. The smallest absolute Gasteiger partial charge is 0.0262 e. The van der Waals surface area contributed by atoms with Crippen LogP contribution in [0.2, 0.25) is 0 Å². The summed E-state index contributed by atoms with van der Waals surface area (Å²) < 4.78 is 0. The van der Waals surface area contributed by atoms with E-state index in [0.29, 0.717) is 10.8 Å². The third-order valence-corrected chi connectivity index (χ3v) is 5.82. The first-order valence-electron chi connectivity index (χ1n) is 5.70. The first-order valence-corrected chi connectivity index (χ1v) is 6.24. The van der Waals surface area contributed by atoms with Crippen LogP contribution in [0.5, 0.6) is 0 Å². The van der Waals surface area contributed by atoms with Crippen LogP contribution in [0.25, 0.3) is 0 Å². The quantitative estimate of drug-likeness (QED) is 0.564. The number of alkyl halides is 1. The van der Waals surface area contributed by atoms with Crippen molar-refractivity contribution in [1.29, 1.82) is 0 Å². The molecule has 0 aromatic rings. The Bertz CT molecular complexity index is 246. The fourth-order valence-electron chi connectivity index (χ4n) is 4.60. The van der Waals surface area contributed by atoms with Gasteiger partial charge in [-0.1, -0.05) is 26.7 Å². The Morgan fingerprint density at radius 2 is 2.15 bits per heavy atom. The highest BCUT2D eigenvalue weighted by Crippen LogP contribution is 2.82. The van der Waals surface area contributed by atoms with Gasteiger partial charge >= 0.3 is 0 Å². The normalized spacial score (nSPS) is 56.1. The molecular formula is C12H19Cl. The molecule has 13 heavy (non-hydrogen) atoms. The second-order valence-electron chi connectivity index (χ2n) is 5.96. The monoisotopic (exact) mass is 198 g/mol. The Hall–Kier alpha value is 0.290. The van der Waals surface area contributed by atoms with Crippen LogP contribution in [-0.2, 0) is 0 Å². The Labute approximate surface area is 86.0 Å². The average Bonchev–Trinajstić information content (AvgIpc) is 2.91. The Balaban J connectivity index is 1.90. The van der Waals surface area contributed by atoms with Crippen LogP contribution < -0.4 is 0 Å². The van der Waals surface area contributed by atoms with Gasteiger partial charge in [0.15, 0.2) is 0 Å². The molecule has 1 heteroatoms. The Kier molecular flexibility index (Phi) is 1.50. The molecule has 74 valence electrons. The van der Waals surface area contributed by atoms with Crippen molar-refractivity contribution in [3.8, 4) is 0 Å². The lowest BCUT2D eigenvalue weighted by atomic mass is 9.80. The molecule has 3 aliphatic carbocycles. The molecule has 0 saturated heterocycles.